The Morgan fingerprint density at radius 3 is 2.50 bits per heavy atom. The first kappa shape index (κ1) is 14.9. The Hall–Kier alpha value is -1.14. The number of esters is 1. The standard InChI is InChI=1S/C12H22N2O4/c1-4-5-14(6-11(16)17-3)10(15)7-18-12(2)8-13-9-12/h13H,4-9H2,1-3H3. The van der Waals surface area contributed by atoms with Crippen LogP contribution in [0.15, 0.2) is 0 Å². The van der Waals surface area contributed by atoms with Crippen LogP contribution >= 0.6 is 0 Å². The lowest BCUT2D eigenvalue weighted by Crippen LogP contribution is -2.59. The summed E-state index contributed by atoms with van der Waals surface area (Å²) in [5, 5.41) is 3.10. The van der Waals surface area contributed by atoms with E-state index in [0.29, 0.717) is 6.54 Å². The highest BCUT2D eigenvalue weighted by atomic mass is 16.5. The minimum Gasteiger partial charge on any atom is -0.468 e. The van der Waals surface area contributed by atoms with E-state index < -0.39 is 5.97 Å². The molecule has 1 rings (SSSR count). The molecule has 104 valence electrons. The summed E-state index contributed by atoms with van der Waals surface area (Å²) in [5.74, 6) is -0.580. The van der Waals surface area contributed by atoms with Gasteiger partial charge >= 0.3 is 5.97 Å². The first-order chi connectivity index (χ1) is 8.50. The van der Waals surface area contributed by atoms with Crippen molar-refractivity contribution in [2.75, 3.05) is 39.9 Å². The average molecular weight is 258 g/mol. The van der Waals surface area contributed by atoms with E-state index in [1.165, 1.54) is 12.0 Å². The van der Waals surface area contributed by atoms with Gasteiger partial charge in [0.25, 0.3) is 0 Å². The Balaban J connectivity index is 2.40. The van der Waals surface area contributed by atoms with Crippen LogP contribution in [0.25, 0.3) is 0 Å². The summed E-state index contributed by atoms with van der Waals surface area (Å²) >= 11 is 0. The van der Waals surface area contributed by atoms with Crippen LogP contribution in [0.1, 0.15) is 20.3 Å². The summed E-state index contributed by atoms with van der Waals surface area (Å²) in [6.07, 6.45) is 0.793. The number of hydrogen-bond acceptors (Lipinski definition) is 5. The maximum atomic E-state index is 11.9. The highest BCUT2D eigenvalue weighted by Crippen LogP contribution is 2.15. The predicted molar refractivity (Wildman–Crippen MR) is 66.1 cm³/mol. The summed E-state index contributed by atoms with van der Waals surface area (Å²) in [6, 6.07) is 0. The van der Waals surface area contributed by atoms with Crippen molar-refractivity contribution >= 4 is 11.9 Å². The van der Waals surface area contributed by atoms with Gasteiger partial charge in [0.2, 0.25) is 5.91 Å². The van der Waals surface area contributed by atoms with E-state index in [9.17, 15) is 9.59 Å². The van der Waals surface area contributed by atoms with E-state index in [0.717, 1.165) is 19.5 Å². The average Bonchev–Trinajstić information content (AvgIpc) is 2.32. The van der Waals surface area contributed by atoms with E-state index in [1.54, 1.807) is 0 Å². The van der Waals surface area contributed by atoms with Gasteiger partial charge in [-0.1, -0.05) is 6.92 Å². The molecule has 0 atom stereocenters. The normalized spacial score (nSPS) is 16.8. The molecule has 0 saturated carbocycles. The fourth-order valence-electron chi connectivity index (χ4n) is 1.69. The predicted octanol–water partition coefficient (Wildman–Crippen LogP) is -0.223. The fourth-order valence-corrected chi connectivity index (χ4v) is 1.69. The number of hydrogen-bond donors (Lipinski definition) is 1. The van der Waals surface area contributed by atoms with Gasteiger partial charge in [-0.25, -0.2) is 0 Å². The van der Waals surface area contributed by atoms with Gasteiger partial charge < -0.3 is 19.7 Å². The Labute approximate surface area is 108 Å². The third-order valence-corrected chi connectivity index (χ3v) is 2.94. The second-order valence-corrected chi connectivity index (χ2v) is 4.73. The number of ether oxygens (including phenoxy) is 2. The fraction of sp³-hybridized carbons (Fsp3) is 0.833. The maximum Gasteiger partial charge on any atom is 0.325 e. The van der Waals surface area contributed by atoms with Crippen molar-refractivity contribution in [3.63, 3.8) is 0 Å². The highest BCUT2D eigenvalue weighted by molar-refractivity contribution is 5.82. The number of amides is 1. The molecule has 0 radical (unpaired) electrons. The molecule has 0 aromatic carbocycles. The molecule has 1 aliphatic heterocycles. The minimum absolute atomic E-state index is 0.00910. The monoisotopic (exact) mass is 258 g/mol. The largest absolute Gasteiger partial charge is 0.468 e. The molecular formula is C12H22N2O4. The third kappa shape index (κ3) is 4.27. The molecule has 1 N–H and O–H groups in total. The van der Waals surface area contributed by atoms with E-state index in [-0.39, 0.29) is 24.7 Å². The van der Waals surface area contributed by atoms with Crippen LogP contribution in [0.5, 0.6) is 0 Å². The second kappa shape index (κ2) is 6.70. The van der Waals surface area contributed by atoms with Gasteiger partial charge in [-0.2, -0.15) is 0 Å². The molecule has 18 heavy (non-hydrogen) atoms. The van der Waals surface area contributed by atoms with Gasteiger partial charge in [-0.05, 0) is 13.3 Å². The molecule has 6 heteroatoms. The first-order valence-electron chi connectivity index (χ1n) is 6.20. The number of carbonyl (C=O) groups excluding carboxylic acids is 2. The zero-order valence-corrected chi connectivity index (χ0v) is 11.3. The van der Waals surface area contributed by atoms with Gasteiger partial charge in [0.05, 0.1) is 12.7 Å². The number of methoxy groups -OCH3 is 1. The van der Waals surface area contributed by atoms with Crippen LogP contribution in [0.4, 0.5) is 0 Å². The maximum absolute atomic E-state index is 11.9. The molecule has 1 amide bonds. The zero-order valence-electron chi connectivity index (χ0n) is 11.3. The van der Waals surface area contributed by atoms with Gasteiger partial charge in [-0.15, -0.1) is 0 Å². The Morgan fingerprint density at radius 1 is 1.39 bits per heavy atom. The van der Waals surface area contributed by atoms with E-state index in [1.807, 2.05) is 13.8 Å². The summed E-state index contributed by atoms with van der Waals surface area (Å²) in [4.78, 5) is 24.6. The van der Waals surface area contributed by atoms with Crippen molar-refractivity contribution in [1.29, 1.82) is 0 Å². The summed E-state index contributed by atoms with van der Waals surface area (Å²) in [7, 11) is 1.31. The molecule has 1 aliphatic rings. The lowest BCUT2D eigenvalue weighted by molar-refractivity contribution is -0.153. The first-order valence-corrected chi connectivity index (χ1v) is 6.20. The number of rotatable bonds is 7. The zero-order chi connectivity index (χ0) is 13.6. The summed E-state index contributed by atoms with van der Waals surface area (Å²) in [5.41, 5.74) is -0.251. The molecule has 0 aliphatic carbocycles. The van der Waals surface area contributed by atoms with E-state index >= 15 is 0 Å². The number of nitrogens with zero attached hydrogens (tertiary/aromatic N) is 1. The van der Waals surface area contributed by atoms with Gasteiger partial charge in [0.1, 0.15) is 13.2 Å². The number of nitrogens with one attached hydrogen (secondary N) is 1. The molecule has 0 aromatic rings. The van der Waals surface area contributed by atoms with Crippen molar-refractivity contribution in [3.8, 4) is 0 Å². The Bertz CT molecular complexity index is 302. The van der Waals surface area contributed by atoms with Gasteiger partial charge in [0.15, 0.2) is 0 Å². The molecule has 1 saturated heterocycles. The molecule has 0 unspecified atom stereocenters. The summed E-state index contributed by atoms with van der Waals surface area (Å²) in [6.45, 7) is 5.95. The molecule has 0 aromatic heterocycles. The van der Waals surface area contributed by atoms with Gasteiger partial charge in [-0.3, -0.25) is 9.59 Å². The van der Waals surface area contributed by atoms with Gasteiger partial charge in [0, 0.05) is 19.6 Å². The van der Waals surface area contributed by atoms with Crippen LogP contribution in [0.2, 0.25) is 0 Å². The van der Waals surface area contributed by atoms with Crippen LogP contribution in [-0.2, 0) is 19.1 Å². The quantitative estimate of drug-likeness (QED) is 0.639. The Kier molecular flexibility index (Phi) is 5.55. The van der Waals surface area contributed by atoms with Crippen LogP contribution in [-0.4, -0.2) is 62.3 Å². The molecular weight excluding hydrogens is 236 g/mol. The molecule has 1 fully saturated rings. The highest BCUT2D eigenvalue weighted by Gasteiger charge is 2.33. The van der Waals surface area contributed by atoms with Crippen molar-refractivity contribution in [1.82, 2.24) is 10.2 Å². The lowest BCUT2D eigenvalue weighted by atomic mass is 10.0. The Morgan fingerprint density at radius 2 is 2.06 bits per heavy atom. The van der Waals surface area contributed by atoms with E-state index in [2.05, 4.69) is 10.1 Å². The topological polar surface area (TPSA) is 67.9 Å². The molecule has 0 bridgehead atoms. The second-order valence-electron chi connectivity index (χ2n) is 4.73. The molecule has 1 heterocycles. The minimum atomic E-state index is -0.409. The van der Waals surface area contributed by atoms with Crippen molar-refractivity contribution in [2.24, 2.45) is 0 Å². The third-order valence-electron chi connectivity index (χ3n) is 2.94. The molecule has 0 spiro atoms. The number of carbonyl (C=O) groups is 2. The SMILES string of the molecule is CCCN(CC(=O)OC)C(=O)COC1(C)CNC1. The smallest absolute Gasteiger partial charge is 0.325 e. The summed E-state index contributed by atoms with van der Waals surface area (Å²) < 4.78 is 10.1. The van der Waals surface area contributed by atoms with Crippen LogP contribution < -0.4 is 5.32 Å². The van der Waals surface area contributed by atoms with Crippen molar-refractivity contribution in [3.05, 3.63) is 0 Å². The lowest BCUT2D eigenvalue weighted by Gasteiger charge is -2.39. The van der Waals surface area contributed by atoms with E-state index in [4.69, 9.17) is 4.74 Å². The van der Waals surface area contributed by atoms with Crippen molar-refractivity contribution < 1.29 is 19.1 Å². The molecule has 6 nitrogen and oxygen atoms in total. The van der Waals surface area contributed by atoms with Crippen molar-refractivity contribution in [2.45, 2.75) is 25.9 Å². The van der Waals surface area contributed by atoms with Crippen LogP contribution in [0, 0.1) is 0 Å². The van der Waals surface area contributed by atoms with Crippen LogP contribution in [0.3, 0.4) is 0 Å².